The standard InChI is InChI=1S/C22H29N3O3S2/c1-17-6-11-21(29-17)30(27,28)25-14-4-5-19(16-25)22(26)23-15-18-7-9-20(10-8-18)24-12-2-3-13-24/h6-11,19H,2-5,12-16H2,1H3,(H,23,26). The number of carbonyl (C=O) groups is 1. The minimum Gasteiger partial charge on any atom is -0.372 e. The summed E-state index contributed by atoms with van der Waals surface area (Å²) in [6, 6.07) is 11.8. The molecular formula is C22H29N3O3S2. The summed E-state index contributed by atoms with van der Waals surface area (Å²) < 4.78 is 27.6. The van der Waals surface area contributed by atoms with Crippen LogP contribution in [0.2, 0.25) is 0 Å². The second-order valence-electron chi connectivity index (χ2n) is 8.15. The molecule has 2 aliphatic heterocycles. The Bertz CT molecular complexity index is 979. The third kappa shape index (κ3) is 4.71. The molecule has 0 bridgehead atoms. The van der Waals surface area contributed by atoms with E-state index in [0.29, 0.717) is 23.7 Å². The lowest BCUT2D eigenvalue weighted by Crippen LogP contribution is -2.45. The van der Waals surface area contributed by atoms with Crippen LogP contribution in [0.15, 0.2) is 40.6 Å². The number of carbonyl (C=O) groups excluding carboxylic acids is 1. The number of piperidine rings is 1. The molecule has 1 aromatic heterocycles. The third-order valence-electron chi connectivity index (χ3n) is 5.94. The van der Waals surface area contributed by atoms with Gasteiger partial charge in [0.25, 0.3) is 10.0 Å². The Balaban J connectivity index is 1.33. The SMILES string of the molecule is Cc1ccc(S(=O)(=O)N2CCCC(C(=O)NCc3ccc(N4CCCC4)cc3)C2)s1. The van der Waals surface area contributed by atoms with Gasteiger partial charge in [-0.1, -0.05) is 12.1 Å². The van der Waals surface area contributed by atoms with Crippen molar-refractivity contribution >= 4 is 33.0 Å². The van der Waals surface area contributed by atoms with Crippen LogP contribution < -0.4 is 10.2 Å². The van der Waals surface area contributed by atoms with Crippen molar-refractivity contribution in [2.24, 2.45) is 5.92 Å². The predicted molar refractivity (Wildman–Crippen MR) is 120 cm³/mol. The molecule has 1 N–H and O–H groups in total. The number of anilines is 1. The van der Waals surface area contributed by atoms with Gasteiger partial charge >= 0.3 is 0 Å². The first-order chi connectivity index (χ1) is 14.4. The first-order valence-corrected chi connectivity index (χ1v) is 12.9. The molecule has 2 aromatic rings. The molecule has 3 heterocycles. The topological polar surface area (TPSA) is 69.7 Å². The zero-order valence-electron chi connectivity index (χ0n) is 17.3. The summed E-state index contributed by atoms with van der Waals surface area (Å²) in [6.45, 7) is 5.31. The van der Waals surface area contributed by atoms with Crippen LogP contribution in [0, 0.1) is 12.8 Å². The van der Waals surface area contributed by atoms with E-state index in [0.717, 1.165) is 30.0 Å². The first-order valence-electron chi connectivity index (χ1n) is 10.6. The van der Waals surface area contributed by atoms with Crippen LogP contribution in [0.5, 0.6) is 0 Å². The van der Waals surface area contributed by atoms with Crippen molar-refractivity contribution in [3.8, 4) is 0 Å². The van der Waals surface area contributed by atoms with Crippen molar-refractivity contribution in [2.75, 3.05) is 31.1 Å². The second kappa shape index (κ2) is 9.08. The molecule has 0 spiro atoms. The van der Waals surface area contributed by atoms with E-state index in [4.69, 9.17) is 0 Å². The molecule has 8 heteroatoms. The number of rotatable bonds is 6. The summed E-state index contributed by atoms with van der Waals surface area (Å²) in [7, 11) is -3.52. The Kier molecular flexibility index (Phi) is 6.46. The van der Waals surface area contributed by atoms with E-state index < -0.39 is 10.0 Å². The van der Waals surface area contributed by atoms with Gasteiger partial charge in [-0.2, -0.15) is 4.31 Å². The van der Waals surface area contributed by atoms with Gasteiger partial charge in [-0.15, -0.1) is 11.3 Å². The molecule has 0 aliphatic carbocycles. The Morgan fingerprint density at radius 3 is 2.47 bits per heavy atom. The molecule has 0 radical (unpaired) electrons. The summed E-state index contributed by atoms with van der Waals surface area (Å²) in [5.41, 5.74) is 2.29. The number of hydrogen-bond donors (Lipinski definition) is 1. The van der Waals surface area contributed by atoms with Gasteiger partial charge in [0, 0.05) is 43.3 Å². The van der Waals surface area contributed by atoms with Gasteiger partial charge in [0.1, 0.15) is 4.21 Å². The lowest BCUT2D eigenvalue weighted by atomic mass is 9.99. The fraction of sp³-hybridized carbons (Fsp3) is 0.500. The highest BCUT2D eigenvalue weighted by Gasteiger charge is 2.33. The third-order valence-corrected chi connectivity index (χ3v) is 9.27. The fourth-order valence-corrected chi connectivity index (χ4v) is 7.15. The quantitative estimate of drug-likeness (QED) is 0.737. The Morgan fingerprint density at radius 1 is 1.07 bits per heavy atom. The molecule has 162 valence electrons. The second-order valence-corrected chi connectivity index (χ2v) is 11.6. The normalized spacial score (nSPS) is 20.4. The maximum absolute atomic E-state index is 12.9. The van der Waals surface area contributed by atoms with Crippen LogP contribution in [0.25, 0.3) is 0 Å². The van der Waals surface area contributed by atoms with Crippen molar-refractivity contribution in [1.29, 1.82) is 0 Å². The average Bonchev–Trinajstić information content (AvgIpc) is 3.45. The molecule has 0 saturated carbocycles. The van der Waals surface area contributed by atoms with Crippen LogP contribution in [-0.4, -0.2) is 44.8 Å². The highest BCUT2D eigenvalue weighted by molar-refractivity contribution is 7.91. The van der Waals surface area contributed by atoms with Gasteiger partial charge in [-0.25, -0.2) is 8.42 Å². The van der Waals surface area contributed by atoms with E-state index in [2.05, 4.69) is 34.5 Å². The fourth-order valence-electron chi connectivity index (χ4n) is 4.19. The molecular weight excluding hydrogens is 418 g/mol. The Labute approximate surface area is 182 Å². The van der Waals surface area contributed by atoms with Crippen molar-refractivity contribution < 1.29 is 13.2 Å². The molecule has 1 unspecified atom stereocenters. The highest BCUT2D eigenvalue weighted by atomic mass is 32.2. The number of benzene rings is 1. The van der Waals surface area contributed by atoms with Crippen LogP contribution in [0.4, 0.5) is 5.69 Å². The van der Waals surface area contributed by atoms with Crippen molar-refractivity contribution in [1.82, 2.24) is 9.62 Å². The molecule has 6 nitrogen and oxygen atoms in total. The Hall–Kier alpha value is -1.90. The lowest BCUT2D eigenvalue weighted by Gasteiger charge is -2.30. The first kappa shape index (κ1) is 21.3. The van der Waals surface area contributed by atoms with E-state index in [1.54, 1.807) is 6.07 Å². The number of hydrogen-bond acceptors (Lipinski definition) is 5. The molecule has 1 amide bonds. The lowest BCUT2D eigenvalue weighted by molar-refractivity contribution is -0.126. The summed E-state index contributed by atoms with van der Waals surface area (Å²) in [4.78, 5) is 16.1. The zero-order valence-corrected chi connectivity index (χ0v) is 19.0. The van der Waals surface area contributed by atoms with Crippen molar-refractivity contribution in [3.05, 3.63) is 46.8 Å². The molecule has 2 aliphatic rings. The van der Waals surface area contributed by atoms with Crippen molar-refractivity contribution in [2.45, 2.75) is 43.4 Å². The van der Waals surface area contributed by atoms with E-state index >= 15 is 0 Å². The van der Waals surface area contributed by atoms with E-state index in [1.165, 1.54) is 34.2 Å². The van der Waals surface area contributed by atoms with Gasteiger partial charge in [-0.3, -0.25) is 4.79 Å². The van der Waals surface area contributed by atoms with Crippen LogP contribution in [0.1, 0.15) is 36.1 Å². The summed E-state index contributed by atoms with van der Waals surface area (Å²) >= 11 is 1.28. The summed E-state index contributed by atoms with van der Waals surface area (Å²) in [6.07, 6.45) is 3.91. The number of amides is 1. The van der Waals surface area contributed by atoms with Crippen LogP contribution in [0.3, 0.4) is 0 Å². The van der Waals surface area contributed by atoms with Gasteiger partial charge in [0.15, 0.2) is 0 Å². The number of aryl methyl sites for hydroxylation is 1. The zero-order chi connectivity index (χ0) is 21.1. The molecule has 30 heavy (non-hydrogen) atoms. The largest absolute Gasteiger partial charge is 0.372 e. The highest BCUT2D eigenvalue weighted by Crippen LogP contribution is 2.28. The van der Waals surface area contributed by atoms with E-state index in [-0.39, 0.29) is 18.4 Å². The van der Waals surface area contributed by atoms with Crippen LogP contribution >= 0.6 is 11.3 Å². The smallest absolute Gasteiger partial charge is 0.252 e. The molecule has 2 fully saturated rings. The molecule has 4 rings (SSSR count). The number of thiophene rings is 1. The van der Waals surface area contributed by atoms with Gasteiger partial charge in [0.05, 0.1) is 5.92 Å². The summed E-state index contributed by atoms with van der Waals surface area (Å²) in [5.74, 6) is -0.376. The minimum absolute atomic E-state index is 0.0686. The maximum atomic E-state index is 12.9. The van der Waals surface area contributed by atoms with E-state index in [9.17, 15) is 13.2 Å². The van der Waals surface area contributed by atoms with Gasteiger partial charge in [-0.05, 0) is 62.4 Å². The number of nitrogens with zero attached hydrogens (tertiary/aromatic N) is 2. The van der Waals surface area contributed by atoms with Crippen molar-refractivity contribution in [3.63, 3.8) is 0 Å². The van der Waals surface area contributed by atoms with Crippen LogP contribution in [-0.2, 0) is 21.4 Å². The molecule has 1 aromatic carbocycles. The molecule has 1 atom stereocenters. The number of nitrogens with one attached hydrogen (secondary N) is 1. The Morgan fingerprint density at radius 2 is 1.80 bits per heavy atom. The molecule has 2 saturated heterocycles. The monoisotopic (exact) mass is 447 g/mol. The predicted octanol–water partition coefficient (Wildman–Crippen LogP) is 3.37. The summed E-state index contributed by atoms with van der Waals surface area (Å²) in [5, 5.41) is 3.00. The minimum atomic E-state index is -3.52. The average molecular weight is 448 g/mol. The van der Waals surface area contributed by atoms with Gasteiger partial charge < -0.3 is 10.2 Å². The van der Waals surface area contributed by atoms with Gasteiger partial charge in [0.2, 0.25) is 5.91 Å². The maximum Gasteiger partial charge on any atom is 0.252 e. The number of sulfonamides is 1. The van der Waals surface area contributed by atoms with E-state index in [1.807, 2.05) is 13.0 Å².